The maximum Gasteiger partial charge on any atom is 0.221 e. The minimum atomic E-state index is -1.09. The highest BCUT2D eigenvalue weighted by atomic mass is 19.2. The Morgan fingerprint density at radius 1 is 1.22 bits per heavy atom. The van der Waals surface area contributed by atoms with Gasteiger partial charge in [0.15, 0.2) is 11.6 Å². The first kappa shape index (κ1) is 26.4. The first-order valence-corrected chi connectivity index (χ1v) is 12.6. The Labute approximate surface area is 209 Å². The van der Waals surface area contributed by atoms with Gasteiger partial charge in [-0.3, -0.25) is 4.79 Å². The van der Waals surface area contributed by atoms with Crippen LogP contribution in [0.2, 0.25) is 0 Å². The van der Waals surface area contributed by atoms with E-state index in [1.54, 1.807) is 6.07 Å². The van der Waals surface area contributed by atoms with E-state index in [0.717, 1.165) is 30.9 Å². The number of benzene rings is 1. The van der Waals surface area contributed by atoms with Crippen molar-refractivity contribution < 1.29 is 27.8 Å². The van der Waals surface area contributed by atoms with Gasteiger partial charge in [-0.05, 0) is 55.7 Å². The number of pyridine rings is 1. The van der Waals surface area contributed by atoms with Crippen LogP contribution < -0.4 is 15.4 Å². The van der Waals surface area contributed by atoms with E-state index >= 15 is 0 Å². The van der Waals surface area contributed by atoms with Crippen LogP contribution >= 0.6 is 0 Å². The van der Waals surface area contributed by atoms with Gasteiger partial charge in [-0.25, -0.2) is 8.78 Å². The molecule has 3 atom stereocenters. The molecule has 1 aromatic heterocycles. The highest BCUT2D eigenvalue weighted by Crippen LogP contribution is 2.48. The molecule has 1 saturated carbocycles. The zero-order valence-electron chi connectivity index (χ0n) is 20.9. The lowest BCUT2D eigenvalue weighted by molar-refractivity contribution is -0.120. The number of nitrogens with zero attached hydrogens (tertiary/aromatic N) is 1. The number of carbonyl (C=O) groups excluding carboxylic acids is 1. The zero-order chi connectivity index (χ0) is 26.0. The molecule has 1 fully saturated rings. The normalized spacial score (nSPS) is 19.8. The van der Waals surface area contributed by atoms with Gasteiger partial charge in [-0.1, -0.05) is 26.0 Å². The molecule has 0 unspecified atom stereocenters. The summed E-state index contributed by atoms with van der Waals surface area (Å²) in [7, 11) is 0. The first-order valence-electron chi connectivity index (χ1n) is 12.6. The number of hydrogen-bond acceptors (Lipinski definition) is 5. The van der Waals surface area contributed by atoms with Crippen LogP contribution in [-0.4, -0.2) is 40.3 Å². The molecule has 1 aromatic carbocycles. The Bertz CT molecular complexity index is 1110. The smallest absolute Gasteiger partial charge is 0.221 e. The average molecular weight is 506 g/mol. The molecule has 1 spiro atoms. The second-order valence-corrected chi connectivity index (χ2v) is 10.5. The maximum absolute atomic E-state index is 14.7. The molecule has 4 rings (SSSR count). The van der Waals surface area contributed by atoms with E-state index in [2.05, 4.69) is 15.6 Å². The van der Waals surface area contributed by atoms with Crippen LogP contribution in [0.25, 0.3) is 0 Å². The number of ether oxygens (including phenoxy) is 1. The fourth-order valence-electron chi connectivity index (χ4n) is 5.13. The van der Waals surface area contributed by atoms with E-state index in [0.29, 0.717) is 18.4 Å². The van der Waals surface area contributed by atoms with Crippen molar-refractivity contribution in [3.8, 4) is 5.88 Å². The summed E-state index contributed by atoms with van der Waals surface area (Å²) in [6.45, 7) is 5.39. The molecule has 6 nitrogen and oxygen atoms in total. The van der Waals surface area contributed by atoms with E-state index in [1.807, 2.05) is 13.8 Å². The van der Waals surface area contributed by atoms with Gasteiger partial charge in [0.25, 0.3) is 0 Å². The molecule has 9 heteroatoms. The number of hydrogen-bond donors (Lipinski definition) is 3. The lowest BCUT2D eigenvalue weighted by atomic mass is 9.73. The molecular formula is C27H34F3N3O3. The molecule has 1 aliphatic heterocycles. The van der Waals surface area contributed by atoms with Crippen molar-refractivity contribution in [2.45, 2.75) is 83.1 Å². The molecule has 36 heavy (non-hydrogen) atoms. The zero-order valence-corrected chi connectivity index (χ0v) is 20.9. The van der Waals surface area contributed by atoms with Gasteiger partial charge in [0.1, 0.15) is 5.60 Å². The summed E-state index contributed by atoms with van der Waals surface area (Å²) < 4.78 is 48.8. The summed E-state index contributed by atoms with van der Waals surface area (Å²) in [5, 5.41) is 17.0. The van der Waals surface area contributed by atoms with Crippen molar-refractivity contribution in [1.29, 1.82) is 0 Å². The minimum absolute atomic E-state index is 0.0654. The molecular weight excluding hydrogens is 471 g/mol. The van der Waals surface area contributed by atoms with Crippen molar-refractivity contribution >= 4 is 5.91 Å². The van der Waals surface area contributed by atoms with Crippen LogP contribution in [0.5, 0.6) is 5.88 Å². The van der Waals surface area contributed by atoms with Crippen molar-refractivity contribution in [2.75, 3.05) is 6.54 Å². The largest absolute Gasteiger partial charge is 0.471 e. The van der Waals surface area contributed by atoms with Gasteiger partial charge in [0, 0.05) is 37.1 Å². The molecule has 2 heterocycles. The van der Waals surface area contributed by atoms with E-state index in [4.69, 9.17) is 4.74 Å². The number of aliphatic hydroxyl groups excluding tert-OH is 1. The van der Waals surface area contributed by atoms with Gasteiger partial charge >= 0.3 is 0 Å². The molecule has 1 aliphatic carbocycles. The highest BCUT2D eigenvalue weighted by Gasteiger charge is 2.46. The van der Waals surface area contributed by atoms with Gasteiger partial charge in [-0.15, -0.1) is 0 Å². The number of nitrogens with one attached hydrogen (secondary N) is 2. The SMILES string of the molecule is CC(=O)N[C@@H](Cc1cccc(F)c1F)[C@H](O)CN[C@H]1CC2(CCC2)Oc2nc(F)c(CC(C)C)cc21. The number of carbonyl (C=O) groups is 1. The lowest BCUT2D eigenvalue weighted by Crippen LogP contribution is -2.52. The number of fused-ring (bicyclic) bond motifs is 1. The second-order valence-electron chi connectivity index (χ2n) is 10.5. The Balaban J connectivity index is 1.53. The molecule has 196 valence electrons. The minimum Gasteiger partial charge on any atom is -0.471 e. The Hall–Kier alpha value is -2.65. The van der Waals surface area contributed by atoms with E-state index in [-0.39, 0.29) is 36.4 Å². The van der Waals surface area contributed by atoms with Crippen molar-refractivity contribution in [2.24, 2.45) is 5.92 Å². The Morgan fingerprint density at radius 2 is 1.97 bits per heavy atom. The van der Waals surface area contributed by atoms with Crippen molar-refractivity contribution in [3.63, 3.8) is 0 Å². The number of rotatable bonds is 9. The summed E-state index contributed by atoms with van der Waals surface area (Å²) in [5.41, 5.74) is 0.915. The monoisotopic (exact) mass is 505 g/mol. The van der Waals surface area contributed by atoms with Gasteiger partial charge in [0.2, 0.25) is 17.7 Å². The van der Waals surface area contributed by atoms with Gasteiger partial charge in [0.05, 0.1) is 12.1 Å². The topological polar surface area (TPSA) is 83.5 Å². The van der Waals surface area contributed by atoms with Gasteiger partial charge in [-0.2, -0.15) is 9.37 Å². The number of halogens is 3. The van der Waals surface area contributed by atoms with Crippen molar-refractivity contribution in [1.82, 2.24) is 15.6 Å². The number of aromatic nitrogens is 1. The van der Waals surface area contributed by atoms with Crippen LogP contribution in [0.3, 0.4) is 0 Å². The van der Waals surface area contributed by atoms with Crippen LogP contribution in [0, 0.1) is 23.5 Å². The predicted octanol–water partition coefficient (Wildman–Crippen LogP) is 4.14. The fourth-order valence-corrected chi connectivity index (χ4v) is 5.13. The van der Waals surface area contributed by atoms with E-state index < -0.39 is 41.2 Å². The summed E-state index contributed by atoms with van der Waals surface area (Å²) in [6, 6.07) is 4.55. The molecule has 3 N–H and O–H groups in total. The summed E-state index contributed by atoms with van der Waals surface area (Å²) in [5.74, 6) is -2.37. The molecule has 2 aliphatic rings. The van der Waals surface area contributed by atoms with Crippen LogP contribution in [0.4, 0.5) is 13.2 Å². The summed E-state index contributed by atoms with van der Waals surface area (Å²) >= 11 is 0. The van der Waals surface area contributed by atoms with Crippen LogP contribution in [0.1, 0.15) is 69.2 Å². The third-order valence-electron chi connectivity index (χ3n) is 7.10. The van der Waals surface area contributed by atoms with Gasteiger partial charge < -0.3 is 20.5 Å². The fraction of sp³-hybridized carbons (Fsp3) is 0.556. The summed E-state index contributed by atoms with van der Waals surface area (Å²) in [4.78, 5) is 15.9. The highest BCUT2D eigenvalue weighted by molar-refractivity contribution is 5.73. The predicted molar refractivity (Wildman–Crippen MR) is 129 cm³/mol. The van der Waals surface area contributed by atoms with E-state index in [9.17, 15) is 23.1 Å². The molecule has 1 amide bonds. The number of aliphatic hydroxyl groups is 1. The number of amides is 1. The van der Waals surface area contributed by atoms with Crippen LogP contribution in [-0.2, 0) is 17.6 Å². The molecule has 0 saturated heterocycles. The standard InChI is InChI=1S/C27H34F3N3O3/c1-15(2)10-18-11-19-22(13-27(8-5-9-27)36-26(19)33-25(18)30)31-14-23(35)21(32-16(3)34)12-17-6-4-7-20(28)24(17)29/h4,6-7,11,15,21-23,31,35H,5,8-10,12-14H2,1-3H3,(H,32,34)/t21-,22-,23+/m0/s1. The maximum atomic E-state index is 14.7. The third kappa shape index (κ3) is 5.83. The summed E-state index contributed by atoms with van der Waals surface area (Å²) in [6.07, 6.45) is 2.72. The third-order valence-corrected chi connectivity index (χ3v) is 7.10. The Morgan fingerprint density at radius 3 is 2.61 bits per heavy atom. The second kappa shape index (κ2) is 10.8. The molecule has 0 bridgehead atoms. The van der Waals surface area contributed by atoms with E-state index in [1.165, 1.54) is 19.1 Å². The first-order chi connectivity index (χ1) is 17.1. The lowest BCUT2D eigenvalue weighted by Gasteiger charge is -2.47. The molecule has 2 aromatic rings. The van der Waals surface area contributed by atoms with Crippen LogP contribution in [0.15, 0.2) is 24.3 Å². The average Bonchev–Trinajstić information content (AvgIpc) is 2.78. The van der Waals surface area contributed by atoms with Crippen molar-refractivity contribution in [3.05, 3.63) is 58.5 Å². The molecule has 0 radical (unpaired) electrons. The Kier molecular flexibility index (Phi) is 7.90. The quantitative estimate of drug-likeness (QED) is 0.446.